The maximum Gasteiger partial charge on any atom is 0.224 e. The van der Waals surface area contributed by atoms with Crippen molar-refractivity contribution in [3.8, 4) is 23.5 Å². The lowest BCUT2D eigenvalue weighted by Crippen LogP contribution is -2.07. The van der Waals surface area contributed by atoms with Crippen LogP contribution < -0.4 is 10.5 Å². The summed E-state index contributed by atoms with van der Waals surface area (Å²) in [5.74, 6) is 2.38. The van der Waals surface area contributed by atoms with Crippen molar-refractivity contribution in [2.24, 2.45) is 0 Å². The topological polar surface area (TPSA) is 103 Å². The van der Waals surface area contributed by atoms with Gasteiger partial charge >= 0.3 is 0 Å². The summed E-state index contributed by atoms with van der Waals surface area (Å²) in [5.41, 5.74) is 9.21. The molecule has 0 aliphatic heterocycles. The molecule has 0 spiro atoms. The highest BCUT2D eigenvalue weighted by Crippen LogP contribution is 2.27. The number of aromatic nitrogens is 4. The first-order chi connectivity index (χ1) is 12.4. The van der Waals surface area contributed by atoms with Crippen molar-refractivity contribution >= 4 is 5.82 Å². The molecule has 0 unspecified atom stereocenters. The van der Waals surface area contributed by atoms with Crippen LogP contribution >= 0.6 is 0 Å². The van der Waals surface area contributed by atoms with Crippen molar-refractivity contribution in [3.05, 3.63) is 52.5 Å². The summed E-state index contributed by atoms with van der Waals surface area (Å²) in [6, 6.07) is 9.75. The Morgan fingerprint density at radius 2 is 1.96 bits per heavy atom. The number of nitriles is 1. The summed E-state index contributed by atoms with van der Waals surface area (Å²) in [6.45, 7) is 7.67. The molecule has 1 aromatic carbocycles. The molecule has 0 bridgehead atoms. The van der Waals surface area contributed by atoms with E-state index in [4.69, 9.17) is 10.5 Å². The van der Waals surface area contributed by atoms with Crippen molar-refractivity contribution < 1.29 is 4.74 Å². The van der Waals surface area contributed by atoms with E-state index in [1.807, 2.05) is 39.0 Å². The number of anilines is 1. The minimum Gasteiger partial charge on any atom is -0.439 e. The first-order valence-corrected chi connectivity index (χ1v) is 8.31. The van der Waals surface area contributed by atoms with Crippen molar-refractivity contribution in [2.45, 2.75) is 34.1 Å². The largest absolute Gasteiger partial charge is 0.439 e. The number of nitrogens with zero attached hydrogens (tertiary/aromatic N) is 5. The van der Waals surface area contributed by atoms with Crippen LogP contribution in [0.25, 0.3) is 5.82 Å². The zero-order valence-electron chi connectivity index (χ0n) is 15.2. The normalized spacial score (nSPS) is 10.6. The molecule has 7 heteroatoms. The Labute approximate surface area is 152 Å². The third-order valence-corrected chi connectivity index (χ3v) is 4.02. The van der Waals surface area contributed by atoms with Gasteiger partial charge in [0.05, 0.1) is 5.69 Å². The molecule has 0 aliphatic carbocycles. The van der Waals surface area contributed by atoms with Crippen LogP contribution in [0.1, 0.15) is 35.1 Å². The van der Waals surface area contributed by atoms with E-state index in [-0.39, 0.29) is 5.82 Å². The maximum atomic E-state index is 9.31. The lowest BCUT2D eigenvalue weighted by atomic mass is 10.1. The standard InChI is InChI=1S/C19H20N6O/c1-5-15-14(10-20)19(21)25(24-15)17-9-18(23-13(4)22-17)26-16-8-11(2)6-7-12(16)3/h6-9H,5,21H2,1-4H3. The molecular formula is C19H20N6O. The highest BCUT2D eigenvalue weighted by Gasteiger charge is 2.17. The summed E-state index contributed by atoms with van der Waals surface area (Å²) >= 11 is 0. The summed E-state index contributed by atoms with van der Waals surface area (Å²) < 4.78 is 7.42. The lowest BCUT2D eigenvalue weighted by molar-refractivity contribution is 0.455. The number of hydrogen-bond donors (Lipinski definition) is 1. The van der Waals surface area contributed by atoms with Gasteiger partial charge in [-0.3, -0.25) is 0 Å². The van der Waals surface area contributed by atoms with Gasteiger partial charge < -0.3 is 10.5 Å². The Morgan fingerprint density at radius 3 is 2.62 bits per heavy atom. The van der Waals surface area contributed by atoms with Crippen LogP contribution in [0.3, 0.4) is 0 Å². The van der Waals surface area contributed by atoms with E-state index in [0.29, 0.717) is 35.2 Å². The van der Waals surface area contributed by atoms with Crippen LogP contribution in [0, 0.1) is 32.1 Å². The van der Waals surface area contributed by atoms with Gasteiger partial charge in [-0.1, -0.05) is 19.1 Å². The summed E-state index contributed by atoms with van der Waals surface area (Å²) in [4.78, 5) is 8.73. The Kier molecular flexibility index (Phi) is 4.59. The smallest absolute Gasteiger partial charge is 0.224 e. The highest BCUT2D eigenvalue weighted by atomic mass is 16.5. The minimum atomic E-state index is 0.264. The van der Waals surface area contributed by atoms with Crippen LogP contribution in [0.2, 0.25) is 0 Å². The van der Waals surface area contributed by atoms with Gasteiger partial charge in [0.15, 0.2) is 5.82 Å². The molecule has 0 fully saturated rings. The second-order valence-electron chi connectivity index (χ2n) is 6.07. The molecule has 0 saturated heterocycles. The highest BCUT2D eigenvalue weighted by molar-refractivity contribution is 5.55. The fraction of sp³-hybridized carbons (Fsp3) is 0.263. The molecule has 0 aliphatic rings. The van der Waals surface area contributed by atoms with Crippen LogP contribution in [-0.4, -0.2) is 19.7 Å². The molecule has 0 amide bonds. The van der Waals surface area contributed by atoms with Gasteiger partial charge in [0.2, 0.25) is 5.88 Å². The Bertz CT molecular complexity index is 1020. The van der Waals surface area contributed by atoms with Gasteiger partial charge in [-0.05, 0) is 44.4 Å². The molecule has 7 nitrogen and oxygen atoms in total. The van der Waals surface area contributed by atoms with Gasteiger partial charge in [-0.25, -0.2) is 4.98 Å². The van der Waals surface area contributed by atoms with Gasteiger partial charge in [-0.15, -0.1) is 0 Å². The first-order valence-electron chi connectivity index (χ1n) is 8.31. The molecule has 2 heterocycles. The quantitative estimate of drug-likeness (QED) is 0.775. The van der Waals surface area contributed by atoms with Crippen molar-refractivity contribution in [3.63, 3.8) is 0 Å². The van der Waals surface area contributed by atoms with Gasteiger partial charge in [-0.2, -0.15) is 20.0 Å². The van der Waals surface area contributed by atoms with E-state index in [0.717, 1.165) is 16.9 Å². The summed E-state index contributed by atoms with van der Waals surface area (Å²) in [6.07, 6.45) is 0.607. The van der Waals surface area contributed by atoms with E-state index in [2.05, 4.69) is 21.1 Å². The van der Waals surface area contributed by atoms with E-state index in [1.54, 1.807) is 13.0 Å². The second-order valence-corrected chi connectivity index (χ2v) is 6.07. The van der Waals surface area contributed by atoms with Crippen molar-refractivity contribution in [2.75, 3.05) is 5.73 Å². The van der Waals surface area contributed by atoms with E-state index < -0.39 is 0 Å². The SMILES string of the molecule is CCc1nn(-c2cc(Oc3cc(C)ccc3C)nc(C)n2)c(N)c1C#N. The molecular weight excluding hydrogens is 328 g/mol. The number of nitrogen functional groups attached to an aromatic ring is 1. The fourth-order valence-corrected chi connectivity index (χ4v) is 2.64. The van der Waals surface area contributed by atoms with Gasteiger partial charge in [0.25, 0.3) is 0 Å². The van der Waals surface area contributed by atoms with Gasteiger partial charge in [0.1, 0.15) is 29.0 Å². The van der Waals surface area contributed by atoms with Crippen LogP contribution in [0.15, 0.2) is 24.3 Å². The summed E-state index contributed by atoms with van der Waals surface area (Å²) in [5, 5.41) is 13.7. The van der Waals surface area contributed by atoms with Crippen molar-refractivity contribution in [1.29, 1.82) is 5.26 Å². The minimum absolute atomic E-state index is 0.264. The zero-order chi connectivity index (χ0) is 18.8. The Balaban J connectivity index is 2.05. The van der Waals surface area contributed by atoms with E-state index in [1.165, 1.54) is 4.68 Å². The molecule has 2 aromatic heterocycles. The second kappa shape index (κ2) is 6.84. The fourth-order valence-electron chi connectivity index (χ4n) is 2.64. The number of hydrogen-bond acceptors (Lipinski definition) is 6. The van der Waals surface area contributed by atoms with Gasteiger partial charge in [0, 0.05) is 6.07 Å². The Hall–Kier alpha value is -3.40. The molecule has 132 valence electrons. The predicted molar refractivity (Wildman–Crippen MR) is 98.4 cm³/mol. The van der Waals surface area contributed by atoms with Crippen molar-refractivity contribution in [1.82, 2.24) is 19.7 Å². The zero-order valence-corrected chi connectivity index (χ0v) is 15.2. The number of rotatable bonds is 4. The molecule has 2 N–H and O–H groups in total. The molecule has 3 rings (SSSR count). The molecule has 0 radical (unpaired) electrons. The molecule has 26 heavy (non-hydrogen) atoms. The van der Waals surface area contributed by atoms with Crippen LogP contribution in [-0.2, 0) is 6.42 Å². The average Bonchev–Trinajstić information content (AvgIpc) is 2.93. The van der Waals surface area contributed by atoms with E-state index >= 15 is 0 Å². The first kappa shape index (κ1) is 17.4. The summed E-state index contributed by atoms with van der Waals surface area (Å²) in [7, 11) is 0. The van der Waals surface area contributed by atoms with Crippen LogP contribution in [0.4, 0.5) is 5.82 Å². The van der Waals surface area contributed by atoms with E-state index in [9.17, 15) is 5.26 Å². The number of benzene rings is 1. The average molecular weight is 348 g/mol. The third kappa shape index (κ3) is 3.22. The van der Waals surface area contributed by atoms with Crippen LogP contribution in [0.5, 0.6) is 11.6 Å². The monoisotopic (exact) mass is 348 g/mol. The Morgan fingerprint density at radius 1 is 1.19 bits per heavy atom. The number of nitrogens with two attached hydrogens (primary N) is 1. The third-order valence-electron chi connectivity index (χ3n) is 4.02. The molecule has 3 aromatic rings. The lowest BCUT2D eigenvalue weighted by Gasteiger charge is -2.11. The maximum absolute atomic E-state index is 9.31. The molecule has 0 atom stereocenters. The number of aryl methyl sites for hydroxylation is 4. The molecule has 0 saturated carbocycles. The number of ether oxygens (including phenoxy) is 1. The predicted octanol–water partition coefficient (Wildman–Crippen LogP) is 3.40.